The number of halogens is 1. The lowest BCUT2D eigenvalue weighted by molar-refractivity contribution is -0.117. The lowest BCUT2D eigenvalue weighted by atomic mass is 9.92. The standard InChI is InChI=1S/C22H28FN3O/c1-14-5-6-16-13-26(10-9-15(16)11-14)18-8-7-17(21(24)20(18)23)25-19(27)12-22(2,3)4/h5-8,11H,9-10,12-13,24H2,1-4H3,(H,25,27). The molecule has 0 fully saturated rings. The van der Waals surface area contributed by atoms with Gasteiger partial charge in [0.05, 0.1) is 17.1 Å². The fourth-order valence-corrected chi connectivity index (χ4v) is 3.50. The summed E-state index contributed by atoms with van der Waals surface area (Å²) in [6.07, 6.45) is 1.22. The Balaban J connectivity index is 1.79. The quantitative estimate of drug-likeness (QED) is 0.774. The van der Waals surface area contributed by atoms with E-state index in [1.807, 2.05) is 25.7 Å². The third-order valence-electron chi connectivity index (χ3n) is 4.84. The average molecular weight is 369 g/mol. The first-order chi connectivity index (χ1) is 12.6. The molecule has 0 atom stereocenters. The number of anilines is 3. The SMILES string of the molecule is Cc1ccc2c(c1)CCN(c1ccc(NC(=O)CC(C)(C)C)c(N)c1F)C2. The molecule has 1 aliphatic heterocycles. The van der Waals surface area contributed by atoms with Crippen LogP contribution in [0.5, 0.6) is 0 Å². The van der Waals surface area contributed by atoms with Crippen molar-refractivity contribution in [1.29, 1.82) is 0 Å². The molecule has 4 nitrogen and oxygen atoms in total. The Labute approximate surface area is 160 Å². The van der Waals surface area contributed by atoms with E-state index in [4.69, 9.17) is 5.73 Å². The van der Waals surface area contributed by atoms with Crippen molar-refractivity contribution in [2.45, 2.75) is 47.1 Å². The summed E-state index contributed by atoms with van der Waals surface area (Å²) in [4.78, 5) is 14.1. The number of nitrogens with zero attached hydrogens (tertiary/aromatic N) is 1. The molecule has 0 spiro atoms. The third-order valence-corrected chi connectivity index (χ3v) is 4.84. The van der Waals surface area contributed by atoms with Gasteiger partial charge in [-0.2, -0.15) is 0 Å². The van der Waals surface area contributed by atoms with Gasteiger partial charge in [-0.3, -0.25) is 4.79 Å². The van der Waals surface area contributed by atoms with E-state index in [1.165, 1.54) is 16.7 Å². The van der Waals surface area contributed by atoms with E-state index in [0.29, 0.717) is 24.3 Å². The van der Waals surface area contributed by atoms with Crippen LogP contribution >= 0.6 is 0 Å². The summed E-state index contributed by atoms with van der Waals surface area (Å²) in [5, 5.41) is 2.74. The van der Waals surface area contributed by atoms with Crippen LogP contribution in [0.15, 0.2) is 30.3 Å². The Bertz CT molecular complexity index is 871. The van der Waals surface area contributed by atoms with Gasteiger partial charge < -0.3 is 16.0 Å². The van der Waals surface area contributed by atoms with Crippen LogP contribution in [0.4, 0.5) is 21.5 Å². The number of aryl methyl sites for hydroxylation is 1. The molecule has 0 radical (unpaired) electrons. The van der Waals surface area contributed by atoms with Crippen molar-refractivity contribution >= 4 is 23.0 Å². The largest absolute Gasteiger partial charge is 0.395 e. The average Bonchev–Trinajstić information content (AvgIpc) is 2.57. The first-order valence-corrected chi connectivity index (χ1v) is 9.35. The number of nitrogens with one attached hydrogen (secondary N) is 1. The zero-order valence-electron chi connectivity index (χ0n) is 16.5. The summed E-state index contributed by atoms with van der Waals surface area (Å²) in [7, 11) is 0. The van der Waals surface area contributed by atoms with E-state index < -0.39 is 5.82 Å². The molecule has 0 bridgehead atoms. The van der Waals surface area contributed by atoms with E-state index >= 15 is 0 Å². The Hall–Kier alpha value is -2.56. The minimum absolute atomic E-state index is 0.00976. The van der Waals surface area contributed by atoms with E-state index in [1.54, 1.807) is 12.1 Å². The number of nitrogens with two attached hydrogens (primary N) is 1. The zero-order valence-corrected chi connectivity index (χ0v) is 16.5. The summed E-state index contributed by atoms with van der Waals surface area (Å²) in [6.45, 7) is 9.42. The van der Waals surface area contributed by atoms with Gasteiger partial charge in [-0.25, -0.2) is 4.39 Å². The zero-order chi connectivity index (χ0) is 19.8. The van der Waals surface area contributed by atoms with Gasteiger partial charge in [0.2, 0.25) is 5.91 Å². The van der Waals surface area contributed by atoms with E-state index in [2.05, 4.69) is 30.4 Å². The van der Waals surface area contributed by atoms with E-state index in [0.717, 1.165) is 13.0 Å². The molecule has 0 saturated carbocycles. The van der Waals surface area contributed by atoms with Crippen molar-refractivity contribution in [2.24, 2.45) is 5.41 Å². The molecule has 2 aromatic rings. The van der Waals surface area contributed by atoms with Gasteiger partial charge in [0.1, 0.15) is 0 Å². The predicted octanol–water partition coefficient (Wildman–Crippen LogP) is 4.65. The van der Waals surface area contributed by atoms with Crippen LogP contribution < -0.4 is 16.0 Å². The highest BCUT2D eigenvalue weighted by atomic mass is 19.1. The van der Waals surface area contributed by atoms with Gasteiger partial charge in [0, 0.05) is 19.5 Å². The number of carbonyl (C=O) groups excluding carboxylic acids is 1. The van der Waals surface area contributed by atoms with Gasteiger partial charge in [0.25, 0.3) is 0 Å². The molecular weight excluding hydrogens is 341 g/mol. The molecule has 0 saturated heterocycles. The smallest absolute Gasteiger partial charge is 0.224 e. The van der Waals surface area contributed by atoms with Crippen LogP contribution in [0, 0.1) is 18.2 Å². The summed E-state index contributed by atoms with van der Waals surface area (Å²) >= 11 is 0. The Kier molecular flexibility index (Phi) is 5.13. The summed E-state index contributed by atoms with van der Waals surface area (Å²) in [5.41, 5.74) is 10.4. The Morgan fingerprint density at radius 1 is 1.22 bits per heavy atom. The summed E-state index contributed by atoms with van der Waals surface area (Å²) in [6, 6.07) is 9.79. The normalized spacial score (nSPS) is 14.0. The Morgan fingerprint density at radius 3 is 2.67 bits per heavy atom. The molecule has 3 rings (SSSR count). The van der Waals surface area contributed by atoms with Gasteiger partial charge in [-0.15, -0.1) is 0 Å². The van der Waals surface area contributed by atoms with Crippen LogP contribution in [0.2, 0.25) is 0 Å². The molecule has 144 valence electrons. The van der Waals surface area contributed by atoms with Crippen LogP contribution in [0.3, 0.4) is 0 Å². The summed E-state index contributed by atoms with van der Waals surface area (Å²) in [5.74, 6) is -0.636. The molecule has 1 aliphatic rings. The van der Waals surface area contributed by atoms with E-state index in [9.17, 15) is 9.18 Å². The van der Waals surface area contributed by atoms with Crippen molar-refractivity contribution in [1.82, 2.24) is 0 Å². The maximum atomic E-state index is 15.0. The van der Waals surface area contributed by atoms with Crippen molar-refractivity contribution in [3.63, 3.8) is 0 Å². The fraction of sp³-hybridized carbons (Fsp3) is 0.409. The molecular formula is C22H28FN3O. The molecule has 0 aromatic heterocycles. The number of hydrogen-bond acceptors (Lipinski definition) is 3. The maximum Gasteiger partial charge on any atom is 0.224 e. The highest BCUT2D eigenvalue weighted by Gasteiger charge is 2.22. The maximum absolute atomic E-state index is 15.0. The molecule has 2 aromatic carbocycles. The number of fused-ring (bicyclic) bond motifs is 1. The van der Waals surface area contributed by atoms with Crippen LogP contribution in [-0.4, -0.2) is 12.5 Å². The monoisotopic (exact) mass is 369 g/mol. The topological polar surface area (TPSA) is 58.4 Å². The Morgan fingerprint density at radius 2 is 1.96 bits per heavy atom. The third kappa shape index (κ3) is 4.41. The van der Waals surface area contributed by atoms with Crippen LogP contribution in [0.1, 0.15) is 43.9 Å². The lowest BCUT2D eigenvalue weighted by Gasteiger charge is -2.31. The second kappa shape index (κ2) is 7.22. The number of rotatable bonds is 3. The van der Waals surface area contributed by atoms with Gasteiger partial charge in [-0.05, 0) is 42.0 Å². The number of carbonyl (C=O) groups is 1. The highest BCUT2D eigenvalue weighted by molar-refractivity contribution is 5.94. The van der Waals surface area contributed by atoms with Crippen molar-refractivity contribution in [3.05, 3.63) is 52.8 Å². The van der Waals surface area contributed by atoms with Gasteiger partial charge in [-0.1, -0.05) is 44.5 Å². The highest BCUT2D eigenvalue weighted by Crippen LogP contribution is 2.34. The molecule has 1 amide bonds. The molecule has 27 heavy (non-hydrogen) atoms. The van der Waals surface area contributed by atoms with E-state index in [-0.39, 0.29) is 17.0 Å². The molecule has 0 unspecified atom stereocenters. The minimum atomic E-state index is -0.473. The number of benzene rings is 2. The minimum Gasteiger partial charge on any atom is -0.395 e. The van der Waals surface area contributed by atoms with Gasteiger partial charge in [0.15, 0.2) is 5.82 Å². The van der Waals surface area contributed by atoms with Gasteiger partial charge >= 0.3 is 0 Å². The molecule has 1 heterocycles. The van der Waals surface area contributed by atoms with Crippen molar-refractivity contribution < 1.29 is 9.18 Å². The molecule has 5 heteroatoms. The molecule has 3 N–H and O–H groups in total. The predicted molar refractivity (Wildman–Crippen MR) is 109 cm³/mol. The van der Waals surface area contributed by atoms with Crippen molar-refractivity contribution in [2.75, 3.05) is 22.5 Å². The second-order valence-electron chi connectivity index (χ2n) is 8.59. The molecule has 0 aliphatic carbocycles. The van der Waals surface area contributed by atoms with Crippen molar-refractivity contribution in [3.8, 4) is 0 Å². The number of amides is 1. The second-order valence-corrected chi connectivity index (χ2v) is 8.59. The number of hydrogen-bond donors (Lipinski definition) is 2. The fourth-order valence-electron chi connectivity index (χ4n) is 3.50. The first kappa shape index (κ1) is 19.2. The van der Waals surface area contributed by atoms with Crippen LogP contribution in [-0.2, 0) is 17.8 Å². The van der Waals surface area contributed by atoms with Crippen LogP contribution in [0.25, 0.3) is 0 Å². The number of nitrogen functional groups attached to an aromatic ring is 1. The lowest BCUT2D eigenvalue weighted by Crippen LogP contribution is -2.31. The summed E-state index contributed by atoms with van der Waals surface area (Å²) < 4.78 is 15.0. The first-order valence-electron chi connectivity index (χ1n) is 9.35.